The van der Waals surface area contributed by atoms with Crippen LogP contribution in [-0.4, -0.2) is 43.3 Å². The lowest BCUT2D eigenvalue weighted by Gasteiger charge is -2.21. The highest BCUT2D eigenvalue weighted by Crippen LogP contribution is 2.31. The van der Waals surface area contributed by atoms with Gasteiger partial charge in [-0.05, 0) is 24.6 Å². The van der Waals surface area contributed by atoms with E-state index in [2.05, 4.69) is 20.2 Å². The Morgan fingerprint density at radius 1 is 1.07 bits per heavy atom. The van der Waals surface area contributed by atoms with Gasteiger partial charge in [0.2, 0.25) is 0 Å². The van der Waals surface area contributed by atoms with Crippen molar-refractivity contribution in [1.29, 1.82) is 0 Å². The zero-order chi connectivity index (χ0) is 18.8. The first-order chi connectivity index (χ1) is 13.2. The predicted molar refractivity (Wildman–Crippen MR) is 103 cm³/mol. The Bertz CT molecular complexity index is 944. The molecular formula is C20H21FN4O2. The quantitative estimate of drug-likeness (QED) is 0.744. The van der Waals surface area contributed by atoms with E-state index in [9.17, 15) is 4.39 Å². The first kappa shape index (κ1) is 17.3. The summed E-state index contributed by atoms with van der Waals surface area (Å²) in [6.45, 7) is 1.70. The lowest BCUT2D eigenvalue weighted by molar-refractivity contribution is 0.394. The summed E-state index contributed by atoms with van der Waals surface area (Å²) in [5.41, 5.74) is 1.77. The molecule has 2 heterocycles. The summed E-state index contributed by atoms with van der Waals surface area (Å²) in [6, 6.07) is 10.6. The molecule has 27 heavy (non-hydrogen) atoms. The van der Waals surface area contributed by atoms with Crippen LogP contribution in [0.1, 0.15) is 6.42 Å². The van der Waals surface area contributed by atoms with Crippen molar-refractivity contribution in [3.05, 3.63) is 48.5 Å². The zero-order valence-electron chi connectivity index (χ0n) is 15.3. The molecule has 1 N–H and O–H groups in total. The standard InChI is InChI=1S/C20H21FN4O2/c1-26-16-8-15(9-17(10-16)27-2)25-6-5-14(11-25)24-20-18-7-13(21)3-4-19(18)22-12-23-20/h3-4,7-10,12,14H,5-6,11H2,1-2H3,(H,22,23,24). The Morgan fingerprint density at radius 3 is 2.59 bits per heavy atom. The number of aromatic nitrogens is 2. The minimum atomic E-state index is -0.295. The lowest BCUT2D eigenvalue weighted by Crippen LogP contribution is -2.26. The molecule has 2 aromatic carbocycles. The third-order valence-corrected chi connectivity index (χ3v) is 4.83. The van der Waals surface area contributed by atoms with Crippen LogP contribution in [0.25, 0.3) is 10.9 Å². The first-order valence-corrected chi connectivity index (χ1v) is 8.81. The molecule has 0 bridgehead atoms. The number of fused-ring (bicyclic) bond motifs is 1. The van der Waals surface area contributed by atoms with Crippen LogP contribution in [0.5, 0.6) is 11.5 Å². The van der Waals surface area contributed by atoms with Crippen molar-refractivity contribution < 1.29 is 13.9 Å². The molecule has 140 valence electrons. The summed E-state index contributed by atoms with van der Waals surface area (Å²) >= 11 is 0. The van der Waals surface area contributed by atoms with Crippen LogP contribution in [0.15, 0.2) is 42.7 Å². The van der Waals surface area contributed by atoms with E-state index in [1.165, 1.54) is 18.5 Å². The van der Waals surface area contributed by atoms with Crippen molar-refractivity contribution in [3.8, 4) is 11.5 Å². The van der Waals surface area contributed by atoms with Gasteiger partial charge < -0.3 is 19.7 Å². The Morgan fingerprint density at radius 2 is 1.85 bits per heavy atom. The van der Waals surface area contributed by atoms with Crippen LogP contribution in [0.3, 0.4) is 0 Å². The van der Waals surface area contributed by atoms with Crippen molar-refractivity contribution in [2.24, 2.45) is 0 Å². The van der Waals surface area contributed by atoms with Crippen LogP contribution in [-0.2, 0) is 0 Å². The molecule has 0 saturated carbocycles. The Kier molecular flexibility index (Phi) is 4.66. The summed E-state index contributed by atoms with van der Waals surface area (Å²) in [7, 11) is 3.29. The third kappa shape index (κ3) is 3.58. The summed E-state index contributed by atoms with van der Waals surface area (Å²) in [6.07, 6.45) is 2.45. The highest BCUT2D eigenvalue weighted by atomic mass is 19.1. The van der Waals surface area contributed by atoms with Crippen molar-refractivity contribution in [1.82, 2.24) is 9.97 Å². The van der Waals surface area contributed by atoms with Crippen molar-refractivity contribution >= 4 is 22.4 Å². The molecule has 1 aliphatic heterocycles. The van der Waals surface area contributed by atoms with E-state index in [-0.39, 0.29) is 11.9 Å². The molecule has 7 heteroatoms. The summed E-state index contributed by atoms with van der Waals surface area (Å²) in [4.78, 5) is 10.8. The smallest absolute Gasteiger partial charge is 0.137 e. The number of methoxy groups -OCH3 is 2. The van der Waals surface area contributed by atoms with Crippen LogP contribution >= 0.6 is 0 Å². The Balaban J connectivity index is 1.53. The monoisotopic (exact) mass is 368 g/mol. The number of anilines is 2. The van der Waals surface area contributed by atoms with Gasteiger partial charge in [-0.1, -0.05) is 0 Å². The summed E-state index contributed by atoms with van der Waals surface area (Å²) in [5.74, 6) is 1.89. The molecule has 1 fully saturated rings. The van der Waals surface area contributed by atoms with Gasteiger partial charge in [-0.15, -0.1) is 0 Å². The average molecular weight is 368 g/mol. The molecule has 1 unspecified atom stereocenters. The van der Waals surface area contributed by atoms with Gasteiger partial charge >= 0.3 is 0 Å². The molecule has 1 atom stereocenters. The number of rotatable bonds is 5. The van der Waals surface area contributed by atoms with Gasteiger partial charge in [-0.3, -0.25) is 0 Å². The molecule has 1 saturated heterocycles. The maximum Gasteiger partial charge on any atom is 0.137 e. The second kappa shape index (κ2) is 7.26. The maximum absolute atomic E-state index is 13.6. The molecule has 6 nitrogen and oxygen atoms in total. The van der Waals surface area contributed by atoms with Gasteiger partial charge in [-0.25, -0.2) is 14.4 Å². The van der Waals surface area contributed by atoms with E-state index in [1.54, 1.807) is 20.3 Å². The molecule has 0 radical (unpaired) electrons. The first-order valence-electron chi connectivity index (χ1n) is 8.81. The van der Waals surface area contributed by atoms with Crippen molar-refractivity contribution in [3.63, 3.8) is 0 Å². The number of hydrogen-bond donors (Lipinski definition) is 1. The fourth-order valence-corrected chi connectivity index (χ4v) is 3.42. The molecule has 3 aromatic rings. The van der Waals surface area contributed by atoms with Gasteiger partial charge in [0.05, 0.1) is 19.7 Å². The Hall–Kier alpha value is -3.09. The van der Waals surface area contributed by atoms with E-state index < -0.39 is 0 Å². The molecule has 1 aliphatic rings. The van der Waals surface area contributed by atoms with E-state index in [1.807, 2.05) is 18.2 Å². The van der Waals surface area contributed by atoms with E-state index in [4.69, 9.17) is 9.47 Å². The minimum absolute atomic E-state index is 0.198. The number of benzene rings is 2. The van der Waals surface area contributed by atoms with E-state index in [0.29, 0.717) is 11.2 Å². The zero-order valence-corrected chi connectivity index (χ0v) is 15.3. The van der Waals surface area contributed by atoms with Crippen molar-refractivity contribution in [2.75, 3.05) is 37.5 Å². The molecule has 1 aromatic heterocycles. The minimum Gasteiger partial charge on any atom is -0.497 e. The van der Waals surface area contributed by atoms with E-state index >= 15 is 0 Å². The van der Waals surface area contributed by atoms with Crippen LogP contribution < -0.4 is 19.7 Å². The van der Waals surface area contributed by atoms with Crippen LogP contribution in [0, 0.1) is 5.82 Å². The van der Waals surface area contributed by atoms with Crippen LogP contribution in [0.4, 0.5) is 15.9 Å². The van der Waals surface area contributed by atoms with Gasteiger partial charge in [0.25, 0.3) is 0 Å². The summed E-state index contributed by atoms with van der Waals surface area (Å²) in [5, 5.41) is 4.14. The number of hydrogen-bond acceptors (Lipinski definition) is 6. The maximum atomic E-state index is 13.6. The SMILES string of the molecule is COc1cc(OC)cc(N2CCC(Nc3ncnc4ccc(F)cc34)C2)c1. The number of halogens is 1. The molecular weight excluding hydrogens is 347 g/mol. The second-order valence-electron chi connectivity index (χ2n) is 6.53. The Labute approximate surface area is 156 Å². The largest absolute Gasteiger partial charge is 0.497 e. The van der Waals surface area contributed by atoms with Gasteiger partial charge in [0, 0.05) is 48.4 Å². The molecule has 0 amide bonds. The highest BCUT2D eigenvalue weighted by molar-refractivity contribution is 5.88. The highest BCUT2D eigenvalue weighted by Gasteiger charge is 2.24. The van der Waals surface area contributed by atoms with Gasteiger partial charge in [0.15, 0.2) is 0 Å². The lowest BCUT2D eigenvalue weighted by atomic mass is 10.2. The fraction of sp³-hybridized carbons (Fsp3) is 0.300. The topological polar surface area (TPSA) is 59.5 Å². The third-order valence-electron chi connectivity index (χ3n) is 4.83. The number of nitrogens with one attached hydrogen (secondary N) is 1. The molecule has 0 spiro atoms. The van der Waals surface area contributed by atoms with Crippen LogP contribution in [0.2, 0.25) is 0 Å². The van der Waals surface area contributed by atoms with Crippen molar-refractivity contribution in [2.45, 2.75) is 12.5 Å². The number of nitrogens with zero attached hydrogens (tertiary/aromatic N) is 3. The van der Waals surface area contributed by atoms with E-state index in [0.717, 1.165) is 42.2 Å². The van der Waals surface area contributed by atoms with Gasteiger partial charge in [0.1, 0.15) is 29.5 Å². The van der Waals surface area contributed by atoms with Gasteiger partial charge in [-0.2, -0.15) is 0 Å². The number of ether oxygens (including phenoxy) is 2. The normalized spacial score (nSPS) is 16.6. The average Bonchev–Trinajstić information content (AvgIpc) is 3.16. The second-order valence-corrected chi connectivity index (χ2v) is 6.53. The fourth-order valence-electron chi connectivity index (χ4n) is 3.42. The molecule has 4 rings (SSSR count). The molecule has 0 aliphatic carbocycles. The summed E-state index contributed by atoms with van der Waals surface area (Å²) < 4.78 is 24.4. The predicted octanol–water partition coefficient (Wildman–Crippen LogP) is 3.48.